The van der Waals surface area contributed by atoms with Crippen molar-refractivity contribution in [3.8, 4) is 12.3 Å². The Morgan fingerprint density at radius 1 is 1.47 bits per heavy atom. The molecule has 0 spiro atoms. The van der Waals surface area contributed by atoms with Crippen molar-refractivity contribution >= 4 is 27.5 Å². The van der Waals surface area contributed by atoms with E-state index in [-0.39, 0.29) is 6.04 Å². The SMILES string of the molecule is C#CCCCC(N)c1cc(Cl)cc(Br)c1. The number of hydrogen-bond donors (Lipinski definition) is 1. The van der Waals surface area contributed by atoms with Crippen molar-refractivity contribution in [3.63, 3.8) is 0 Å². The zero-order chi connectivity index (χ0) is 11.3. The molecule has 0 fully saturated rings. The minimum absolute atomic E-state index is 0.00773. The summed E-state index contributed by atoms with van der Waals surface area (Å²) >= 11 is 9.33. The van der Waals surface area contributed by atoms with Gasteiger partial charge in [-0.2, -0.15) is 0 Å². The van der Waals surface area contributed by atoms with Gasteiger partial charge in [0.05, 0.1) is 0 Å². The standard InChI is InChI=1S/C12H13BrClN/c1-2-3-4-5-12(15)9-6-10(13)8-11(14)7-9/h1,6-8,12H,3-5,15H2. The van der Waals surface area contributed by atoms with Gasteiger partial charge in [-0.05, 0) is 36.6 Å². The minimum atomic E-state index is 0.00773. The van der Waals surface area contributed by atoms with Crippen molar-refractivity contribution in [2.45, 2.75) is 25.3 Å². The van der Waals surface area contributed by atoms with Crippen molar-refractivity contribution in [1.29, 1.82) is 0 Å². The van der Waals surface area contributed by atoms with Crippen LogP contribution in [0.5, 0.6) is 0 Å². The molecule has 1 nitrogen and oxygen atoms in total. The van der Waals surface area contributed by atoms with Gasteiger partial charge < -0.3 is 5.73 Å². The molecule has 0 amide bonds. The van der Waals surface area contributed by atoms with E-state index < -0.39 is 0 Å². The summed E-state index contributed by atoms with van der Waals surface area (Å²) in [5, 5.41) is 0.701. The first-order valence-corrected chi connectivity index (χ1v) is 5.95. The minimum Gasteiger partial charge on any atom is -0.324 e. The number of halogens is 2. The summed E-state index contributed by atoms with van der Waals surface area (Å²) in [6.07, 6.45) is 7.79. The zero-order valence-electron chi connectivity index (χ0n) is 8.34. The van der Waals surface area contributed by atoms with Gasteiger partial charge in [-0.15, -0.1) is 12.3 Å². The molecule has 0 aliphatic rings. The van der Waals surface area contributed by atoms with Crippen LogP contribution in [-0.4, -0.2) is 0 Å². The Bertz CT molecular complexity index is 350. The molecule has 15 heavy (non-hydrogen) atoms. The Kier molecular flexibility index (Phi) is 5.17. The van der Waals surface area contributed by atoms with Crippen LogP contribution in [0.1, 0.15) is 30.9 Å². The summed E-state index contributed by atoms with van der Waals surface area (Å²) in [6.45, 7) is 0. The third kappa shape index (κ3) is 4.25. The average Bonchev–Trinajstić information content (AvgIpc) is 2.16. The molecule has 3 heteroatoms. The van der Waals surface area contributed by atoms with Gasteiger partial charge in [-0.25, -0.2) is 0 Å². The van der Waals surface area contributed by atoms with Crippen LogP contribution in [0.15, 0.2) is 22.7 Å². The van der Waals surface area contributed by atoms with Gasteiger partial charge in [0, 0.05) is 22.0 Å². The van der Waals surface area contributed by atoms with Gasteiger partial charge in [0.2, 0.25) is 0 Å². The molecule has 0 aliphatic carbocycles. The van der Waals surface area contributed by atoms with Crippen LogP contribution >= 0.6 is 27.5 Å². The lowest BCUT2D eigenvalue weighted by Gasteiger charge is -2.12. The number of hydrogen-bond acceptors (Lipinski definition) is 1. The van der Waals surface area contributed by atoms with E-state index in [2.05, 4.69) is 21.9 Å². The van der Waals surface area contributed by atoms with E-state index in [0.717, 1.165) is 29.3 Å². The maximum Gasteiger partial charge on any atom is 0.0420 e. The first kappa shape index (κ1) is 12.6. The van der Waals surface area contributed by atoms with Gasteiger partial charge in [0.25, 0.3) is 0 Å². The summed E-state index contributed by atoms with van der Waals surface area (Å²) < 4.78 is 0.956. The molecule has 80 valence electrons. The van der Waals surface area contributed by atoms with Crippen molar-refractivity contribution < 1.29 is 0 Å². The van der Waals surface area contributed by atoms with E-state index in [9.17, 15) is 0 Å². The Hall–Kier alpha value is -0.490. The van der Waals surface area contributed by atoms with Crippen LogP contribution in [0, 0.1) is 12.3 Å². The largest absolute Gasteiger partial charge is 0.324 e. The molecular weight excluding hydrogens is 273 g/mol. The molecular formula is C12H13BrClN. The Balaban J connectivity index is 2.65. The topological polar surface area (TPSA) is 26.0 Å². The first-order valence-electron chi connectivity index (χ1n) is 4.78. The summed E-state index contributed by atoms with van der Waals surface area (Å²) in [4.78, 5) is 0. The molecule has 2 N–H and O–H groups in total. The number of benzene rings is 1. The normalized spacial score (nSPS) is 12.1. The van der Waals surface area contributed by atoms with Crippen LogP contribution in [0.3, 0.4) is 0 Å². The predicted molar refractivity (Wildman–Crippen MR) is 68.8 cm³/mol. The fourth-order valence-corrected chi connectivity index (χ4v) is 2.27. The second-order valence-electron chi connectivity index (χ2n) is 3.41. The third-order valence-electron chi connectivity index (χ3n) is 2.15. The molecule has 1 unspecified atom stereocenters. The Morgan fingerprint density at radius 3 is 2.80 bits per heavy atom. The first-order chi connectivity index (χ1) is 7.13. The molecule has 0 aromatic heterocycles. The number of rotatable bonds is 4. The van der Waals surface area contributed by atoms with Crippen molar-refractivity contribution in [3.05, 3.63) is 33.3 Å². The molecule has 0 saturated carbocycles. The van der Waals surface area contributed by atoms with Crippen LogP contribution in [0.4, 0.5) is 0 Å². The van der Waals surface area contributed by atoms with Crippen molar-refractivity contribution in [1.82, 2.24) is 0 Å². The highest BCUT2D eigenvalue weighted by atomic mass is 79.9. The Labute approximate surface area is 104 Å². The van der Waals surface area contributed by atoms with Gasteiger partial charge in [0.15, 0.2) is 0 Å². The number of terminal acetylenes is 1. The average molecular weight is 287 g/mol. The zero-order valence-corrected chi connectivity index (χ0v) is 10.7. The second kappa shape index (κ2) is 6.17. The molecule has 1 rings (SSSR count). The molecule has 0 radical (unpaired) electrons. The van der Waals surface area contributed by atoms with E-state index >= 15 is 0 Å². The monoisotopic (exact) mass is 285 g/mol. The lowest BCUT2D eigenvalue weighted by Crippen LogP contribution is -2.09. The molecule has 0 aliphatic heterocycles. The van der Waals surface area contributed by atoms with Gasteiger partial charge >= 0.3 is 0 Å². The summed E-state index contributed by atoms with van der Waals surface area (Å²) in [5.41, 5.74) is 7.07. The van der Waals surface area contributed by atoms with E-state index in [4.69, 9.17) is 23.8 Å². The number of nitrogens with two attached hydrogens (primary N) is 1. The van der Waals surface area contributed by atoms with E-state index in [1.54, 1.807) is 0 Å². The van der Waals surface area contributed by atoms with E-state index in [0.29, 0.717) is 5.02 Å². The van der Waals surface area contributed by atoms with Gasteiger partial charge in [-0.3, -0.25) is 0 Å². The van der Waals surface area contributed by atoms with Gasteiger partial charge in [0.1, 0.15) is 0 Å². The van der Waals surface area contributed by atoms with Crippen LogP contribution in [0.2, 0.25) is 5.02 Å². The van der Waals surface area contributed by atoms with Gasteiger partial charge in [-0.1, -0.05) is 27.5 Å². The molecule has 1 atom stereocenters. The lowest BCUT2D eigenvalue weighted by molar-refractivity contribution is 0.621. The van der Waals surface area contributed by atoms with E-state index in [1.165, 1.54) is 0 Å². The smallest absolute Gasteiger partial charge is 0.0420 e. The molecule has 0 saturated heterocycles. The summed E-state index contributed by atoms with van der Waals surface area (Å²) in [6, 6.07) is 5.74. The fourth-order valence-electron chi connectivity index (χ4n) is 1.38. The van der Waals surface area contributed by atoms with Crippen LogP contribution in [-0.2, 0) is 0 Å². The van der Waals surface area contributed by atoms with E-state index in [1.807, 2.05) is 18.2 Å². The summed E-state index contributed by atoms with van der Waals surface area (Å²) in [7, 11) is 0. The highest BCUT2D eigenvalue weighted by molar-refractivity contribution is 9.10. The second-order valence-corrected chi connectivity index (χ2v) is 4.76. The number of unbranched alkanes of at least 4 members (excludes halogenated alkanes) is 1. The molecule has 0 heterocycles. The maximum atomic E-state index is 6.03. The summed E-state index contributed by atoms with van der Waals surface area (Å²) in [5.74, 6) is 2.61. The molecule has 1 aromatic rings. The van der Waals surface area contributed by atoms with Crippen LogP contribution < -0.4 is 5.73 Å². The fraction of sp³-hybridized carbons (Fsp3) is 0.333. The molecule has 0 bridgehead atoms. The van der Waals surface area contributed by atoms with Crippen molar-refractivity contribution in [2.75, 3.05) is 0 Å². The van der Waals surface area contributed by atoms with Crippen molar-refractivity contribution in [2.24, 2.45) is 5.73 Å². The molecule has 1 aromatic carbocycles. The maximum absolute atomic E-state index is 6.03. The Morgan fingerprint density at radius 2 is 2.20 bits per heavy atom. The highest BCUT2D eigenvalue weighted by Gasteiger charge is 2.07. The lowest BCUT2D eigenvalue weighted by atomic mass is 10.0. The highest BCUT2D eigenvalue weighted by Crippen LogP contribution is 2.25. The predicted octanol–water partition coefficient (Wildman–Crippen LogP) is 3.91. The third-order valence-corrected chi connectivity index (χ3v) is 2.83. The van der Waals surface area contributed by atoms with Crippen LogP contribution in [0.25, 0.3) is 0 Å². The quantitative estimate of drug-likeness (QED) is 0.659.